The Bertz CT molecular complexity index is 779. The Kier molecular flexibility index (Phi) is 6.78. The number of carbonyl (C=O) groups excluding carboxylic acids is 2. The highest BCUT2D eigenvalue weighted by molar-refractivity contribution is 6.05. The zero-order chi connectivity index (χ0) is 18.9. The molecule has 2 N–H and O–H groups in total. The highest BCUT2D eigenvalue weighted by atomic mass is 16.5. The largest absolute Gasteiger partial charge is 0.497 e. The van der Waals surface area contributed by atoms with Crippen LogP contribution in [0.5, 0.6) is 11.5 Å². The lowest BCUT2D eigenvalue weighted by Gasteiger charge is -2.12. The first kappa shape index (κ1) is 19.0. The number of hydrogen-bond acceptors (Lipinski definition) is 6. The van der Waals surface area contributed by atoms with Crippen LogP contribution in [0.2, 0.25) is 0 Å². The van der Waals surface area contributed by atoms with Gasteiger partial charge in [0, 0.05) is 17.8 Å². The summed E-state index contributed by atoms with van der Waals surface area (Å²) in [5.74, 6) is 0.767. The third kappa shape index (κ3) is 5.10. The summed E-state index contributed by atoms with van der Waals surface area (Å²) in [6.07, 6.45) is 0.963. The summed E-state index contributed by atoms with van der Waals surface area (Å²) < 4.78 is 15.2. The summed E-state index contributed by atoms with van der Waals surface area (Å²) >= 11 is 0. The second-order valence-electron chi connectivity index (χ2n) is 5.13. The van der Waals surface area contributed by atoms with E-state index in [1.807, 2.05) is 0 Å². The van der Waals surface area contributed by atoms with Gasteiger partial charge in [-0.15, -0.1) is 0 Å². The van der Waals surface area contributed by atoms with E-state index in [0.717, 1.165) is 0 Å². The quantitative estimate of drug-likeness (QED) is 0.788. The summed E-state index contributed by atoms with van der Waals surface area (Å²) in [6.45, 7) is 2.15. The molecule has 0 aliphatic heterocycles. The van der Waals surface area contributed by atoms with Gasteiger partial charge in [0.05, 0.1) is 38.8 Å². The molecule has 0 bridgehead atoms. The molecule has 2 rings (SSSR count). The molecule has 0 atom stereocenters. The number of anilines is 1. The molecule has 0 unspecified atom stereocenters. The van der Waals surface area contributed by atoms with E-state index in [0.29, 0.717) is 28.4 Å². The lowest BCUT2D eigenvalue weighted by atomic mass is 10.2. The predicted molar refractivity (Wildman–Crippen MR) is 95.6 cm³/mol. The molecular weight excluding hydrogens is 338 g/mol. The SMILES string of the molecule is CCOC(=O)NCc1cc(C(=O)Nc2cc(OC)ccc2OC)ccn1. The van der Waals surface area contributed by atoms with E-state index in [2.05, 4.69) is 15.6 Å². The van der Waals surface area contributed by atoms with Gasteiger partial charge in [0.15, 0.2) is 0 Å². The van der Waals surface area contributed by atoms with Crippen LogP contribution >= 0.6 is 0 Å². The number of benzene rings is 1. The zero-order valence-corrected chi connectivity index (χ0v) is 14.9. The fourth-order valence-electron chi connectivity index (χ4n) is 2.17. The number of alkyl carbamates (subject to hydrolysis) is 1. The maximum absolute atomic E-state index is 12.5. The lowest BCUT2D eigenvalue weighted by Crippen LogP contribution is -2.24. The minimum Gasteiger partial charge on any atom is -0.497 e. The predicted octanol–water partition coefficient (Wildman–Crippen LogP) is 2.60. The Morgan fingerprint density at radius 1 is 1.12 bits per heavy atom. The summed E-state index contributed by atoms with van der Waals surface area (Å²) in [6, 6.07) is 8.28. The maximum atomic E-state index is 12.5. The van der Waals surface area contributed by atoms with Gasteiger partial charge < -0.3 is 24.8 Å². The molecular formula is C18H21N3O5. The number of aromatic nitrogens is 1. The monoisotopic (exact) mass is 359 g/mol. The Morgan fingerprint density at radius 3 is 2.62 bits per heavy atom. The molecule has 8 heteroatoms. The molecule has 8 nitrogen and oxygen atoms in total. The van der Waals surface area contributed by atoms with E-state index in [1.165, 1.54) is 13.3 Å². The summed E-state index contributed by atoms with van der Waals surface area (Å²) in [5.41, 5.74) is 1.41. The Labute approximate surface area is 151 Å². The van der Waals surface area contributed by atoms with Crippen molar-refractivity contribution in [2.75, 3.05) is 26.1 Å². The molecule has 2 aromatic rings. The zero-order valence-electron chi connectivity index (χ0n) is 14.9. The van der Waals surface area contributed by atoms with Crippen molar-refractivity contribution in [2.24, 2.45) is 0 Å². The molecule has 138 valence electrons. The van der Waals surface area contributed by atoms with Crippen molar-refractivity contribution >= 4 is 17.7 Å². The van der Waals surface area contributed by atoms with Crippen LogP contribution < -0.4 is 20.1 Å². The average Bonchev–Trinajstić information content (AvgIpc) is 2.66. The third-order valence-corrected chi connectivity index (χ3v) is 3.42. The minimum absolute atomic E-state index is 0.155. The molecule has 1 aromatic carbocycles. The van der Waals surface area contributed by atoms with Crippen molar-refractivity contribution in [1.29, 1.82) is 0 Å². The van der Waals surface area contributed by atoms with Crippen LogP contribution in [-0.2, 0) is 11.3 Å². The van der Waals surface area contributed by atoms with E-state index >= 15 is 0 Å². The molecule has 0 spiro atoms. The summed E-state index contributed by atoms with van der Waals surface area (Å²) in [7, 11) is 3.06. The van der Waals surface area contributed by atoms with Crippen LogP contribution in [0.1, 0.15) is 23.0 Å². The third-order valence-electron chi connectivity index (χ3n) is 3.42. The first-order valence-corrected chi connectivity index (χ1v) is 7.96. The van der Waals surface area contributed by atoms with Crippen molar-refractivity contribution in [2.45, 2.75) is 13.5 Å². The fraction of sp³-hybridized carbons (Fsp3) is 0.278. The van der Waals surface area contributed by atoms with Crippen molar-refractivity contribution in [3.8, 4) is 11.5 Å². The number of rotatable bonds is 7. The Hall–Kier alpha value is -3.29. The highest BCUT2D eigenvalue weighted by Gasteiger charge is 2.12. The van der Waals surface area contributed by atoms with E-state index < -0.39 is 6.09 Å². The standard InChI is InChI=1S/C18H21N3O5/c1-4-26-18(23)20-11-13-9-12(7-8-19-13)17(22)21-15-10-14(24-2)5-6-16(15)25-3/h5-10H,4,11H2,1-3H3,(H,20,23)(H,21,22). The van der Waals surface area contributed by atoms with E-state index in [-0.39, 0.29) is 19.1 Å². The van der Waals surface area contributed by atoms with Gasteiger partial charge in [-0.3, -0.25) is 9.78 Å². The van der Waals surface area contributed by atoms with Crippen LogP contribution in [0.3, 0.4) is 0 Å². The fourth-order valence-corrected chi connectivity index (χ4v) is 2.17. The van der Waals surface area contributed by atoms with Crippen LogP contribution in [0.25, 0.3) is 0 Å². The van der Waals surface area contributed by atoms with Crippen molar-refractivity contribution in [3.63, 3.8) is 0 Å². The normalized spacial score (nSPS) is 9.96. The van der Waals surface area contributed by atoms with Gasteiger partial charge in [-0.05, 0) is 31.2 Å². The Balaban J connectivity index is 2.10. The molecule has 0 saturated carbocycles. The first-order chi connectivity index (χ1) is 12.6. The van der Waals surface area contributed by atoms with E-state index in [9.17, 15) is 9.59 Å². The van der Waals surface area contributed by atoms with Gasteiger partial charge in [0.1, 0.15) is 11.5 Å². The molecule has 1 aromatic heterocycles. The van der Waals surface area contributed by atoms with Crippen LogP contribution in [0.4, 0.5) is 10.5 Å². The smallest absolute Gasteiger partial charge is 0.407 e. The van der Waals surface area contributed by atoms with Gasteiger partial charge in [0.2, 0.25) is 0 Å². The lowest BCUT2D eigenvalue weighted by molar-refractivity contribution is 0.102. The molecule has 0 aliphatic rings. The summed E-state index contributed by atoms with van der Waals surface area (Å²) in [5, 5.41) is 5.34. The van der Waals surface area contributed by atoms with Crippen molar-refractivity contribution in [3.05, 3.63) is 47.8 Å². The number of pyridine rings is 1. The number of methoxy groups -OCH3 is 2. The number of hydrogen-bond donors (Lipinski definition) is 2. The Morgan fingerprint density at radius 2 is 1.92 bits per heavy atom. The number of ether oxygens (including phenoxy) is 3. The van der Waals surface area contributed by atoms with Gasteiger partial charge in [-0.1, -0.05) is 0 Å². The molecule has 0 fully saturated rings. The minimum atomic E-state index is -0.537. The van der Waals surface area contributed by atoms with Crippen molar-refractivity contribution < 1.29 is 23.8 Å². The second-order valence-corrected chi connectivity index (χ2v) is 5.13. The number of carbonyl (C=O) groups is 2. The molecule has 26 heavy (non-hydrogen) atoms. The van der Waals surface area contributed by atoms with Gasteiger partial charge in [-0.25, -0.2) is 4.79 Å². The average molecular weight is 359 g/mol. The van der Waals surface area contributed by atoms with E-state index in [1.54, 1.807) is 44.4 Å². The summed E-state index contributed by atoms with van der Waals surface area (Å²) in [4.78, 5) is 28.0. The highest BCUT2D eigenvalue weighted by Crippen LogP contribution is 2.29. The molecule has 0 aliphatic carbocycles. The maximum Gasteiger partial charge on any atom is 0.407 e. The number of nitrogens with one attached hydrogen (secondary N) is 2. The first-order valence-electron chi connectivity index (χ1n) is 7.96. The van der Waals surface area contributed by atoms with Crippen molar-refractivity contribution in [1.82, 2.24) is 10.3 Å². The molecule has 0 radical (unpaired) electrons. The van der Waals surface area contributed by atoms with E-state index in [4.69, 9.17) is 14.2 Å². The van der Waals surface area contributed by atoms with Gasteiger partial charge in [0.25, 0.3) is 5.91 Å². The van der Waals surface area contributed by atoms with Crippen LogP contribution in [-0.4, -0.2) is 37.8 Å². The molecule has 2 amide bonds. The topological polar surface area (TPSA) is 98.8 Å². The molecule has 1 heterocycles. The number of amides is 2. The number of nitrogens with zero attached hydrogens (tertiary/aromatic N) is 1. The van der Waals surface area contributed by atoms with Crippen LogP contribution in [0.15, 0.2) is 36.5 Å². The van der Waals surface area contributed by atoms with Gasteiger partial charge in [-0.2, -0.15) is 0 Å². The second kappa shape index (κ2) is 9.26. The van der Waals surface area contributed by atoms with Gasteiger partial charge >= 0.3 is 6.09 Å². The van der Waals surface area contributed by atoms with Crippen LogP contribution in [0, 0.1) is 0 Å². The molecule has 0 saturated heterocycles.